The molecule has 0 fully saturated rings. The molecule has 0 atom stereocenters. The molecular weight excluding hydrogens is 260 g/mol. The first-order valence-electron chi connectivity index (χ1n) is 5.19. The van der Waals surface area contributed by atoms with Gasteiger partial charge in [-0.3, -0.25) is 14.3 Å². The number of sulfone groups is 1. The van der Waals surface area contributed by atoms with E-state index in [1.165, 1.54) is 20.8 Å². The molecule has 0 bridgehead atoms. The van der Waals surface area contributed by atoms with Gasteiger partial charge in [0, 0.05) is 12.8 Å². The third-order valence-corrected chi connectivity index (χ3v) is 5.08. The molecule has 0 aliphatic carbocycles. The van der Waals surface area contributed by atoms with E-state index in [0.717, 1.165) is 10.8 Å². The molecule has 1 rings (SSSR count). The van der Waals surface area contributed by atoms with Gasteiger partial charge in [-0.2, -0.15) is 0 Å². The second-order valence-corrected chi connectivity index (χ2v) is 7.48. The number of hydrogen-bond acceptors (Lipinski definition) is 5. The molecule has 0 aliphatic heterocycles. The van der Waals surface area contributed by atoms with Gasteiger partial charge < -0.3 is 5.11 Å². The highest BCUT2D eigenvalue weighted by Crippen LogP contribution is 2.20. The summed E-state index contributed by atoms with van der Waals surface area (Å²) in [5.41, 5.74) is -1.55. The van der Waals surface area contributed by atoms with E-state index in [4.69, 9.17) is 0 Å². The lowest BCUT2D eigenvalue weighted by molar-refractivity contribution is 0.376. The molecule has 8 heteroatoms. The molecule has 1 aromatic rings. The van der Waals surface area contributed by atoms with Crippen LogP contribution in [0.4, 0.5) is 0 Å². The highest BCUT2D eigenvalue weighted by molar-refractivity contribution is 7.92. The van der Waals surface area contributed by atoms with Crippen LogP contribution in [0.5, 0.6) is 5.88 Å². The molecule has 0 aromatic carbocycles. The number of aromatic hydroxyl groups is 1. The third kappa shape index (κ3) is 2.47. The highest BCUT2D eigenvalue weighted by atomic mass is 32.2. The first kappa shape index (κ1) is 14.5. The van der Waals surface area contributed by atoms with Crippen LogP contribution in [0.2, 0.25) is 0 Å². The topological polar surface area (TPSA) is 109 Å². The molecule has 1 heterocycles. The van der Waals surface area contributed by atoms with Gasteiger partial charge in [-0.25, -0.2) is 13.2 Å². The second kappa shape index (κ2) is 4.27. The summed E-state index contributed by atoms with van der Waals surface area (Å²) in [5.74, 6) is -0.513. The Morgan fingerprint density at radius 2 is 1.83 bits per heavy atom. The van der Waals surface area contributed by atoms with Crippen LogP contribution in [-0.4, -0.2) is 34.1 Å². The number of nitrogens with zero attached hydrogens (tertiary/aromatic N) is 1. The third-order valence-electron chi connectivity index (χ3n) is 2.94. The SMILES string of the molecule is Cc1c(O)n(CC(C)(C)S(C)(=O)=O)c(=O)[nH]c1=O. The van der Waals surface area contributed by atoms with Crippen molar-refractivity contribution in [3.8, 4) is 5.88 Å². The summed E-state index contributed by atoms with van der Waals surface area (Å²) < 4.78 is 22.7. The Morgan fingerprint density at radius 3 is 2.28 bits per heavy atom. The monoisotopic (exact) mass is 276 g/mol. The molecule has 0 saturated heterocycles. The van der Waals surface area contributed by atoms with Gasteiger partial charge in [0.25, 0.3) is 5.56 Å². The van der Waals surface area contributed by atoms with Crippen molar-refractivity contribution in [1.82, 2.24) is 9.55 Å². The van der Waals surface area contributed by atoms with E-state index in [-0.39, 0.29) is 12.1 Å². The Bertz CT molecular complexity index is 681. The number of nitrogens with one attached hydrogen (secondary N) is 1. The predicted molar refractivity (Wildman–Crippen MR) is 66.6 cm³/mol. The van der Waals surface area contributed by atoms with Gasteiger partial charge in [0.15, 0.2) is 9.84 Å². The molecule has 7 nitrogen and oxygen atoms in total. The average molecular weight is 276 g/mol. The van der Waals surface area contributed by atoms with Crippen LogP contribution in [-0.2, 0) is 16.4 Å². The summed E-state index contributed by atoms with van der Waals surface area (Å²) in [5, 5.41) is 9.74. The minimum absolute atomic E-state index is 0.0288. The van der Waals surface area contributed by atoms with Crippen molar-refractivity contribution in [1.29, 1.82) is 0 Å². The van der Waals surface area contributed by atoms with E-state index in [0.29, 0.717) is 0 Å². The highest BCUT2D eigenvalue weighted by Gasteiger charge is 2.32. The molecule has 0 saturated carbocycles. The maximum absolute atomic E-state index is 11.6. The summed E-state index contributed by atoms with van der Waals surface area (Å²) in [6, 6.07) is 0. The summed E-state index contributed by atoms with van der Waals surface area (Å²) in [7, 11) is -3.42. The quantitative estimate of drug-likeness (QED) is 0.764. The minimum Gasteiger partial charge on any atom is -0.494 e. The molecular formula is C10H16N2O5S. The summed E-state index contributed by atoms with van der Waals surface area (Å²) in [6.07, 6.45) is 1.05. The number of aromatic amines is 1. The molecule has 0 aliphatic rings. The molecule has 2 N–H and O–H groups in total. The van der Waals surface area contributed by atoms with E-state index in [9.17, 15) is 23.1 Å². The molecule has 102 valence electrons. The van der Waals surface area contributed by atoms with Crippen molar-refractivity contribution in [2.45, 2.75) is 32.1 Å². The van der Waals surface area contributed by atoms with E-state index < -0.39 is 31.7 Å². The fraction of sp³-hybridized carbons (Fsp3) is 0.600. The average Bonchev–Trinajstić information content (AvgIpc) is 2.20. The van der Waals surface area contributed by atoms with Gasteiger partial charge in [-0.15, -0.1) is 0 Å². The number of aromatic nitrogens is 2. The van der Waals surface area contributed by atoms with Gasteiger partial charge >= 0.3 is 5.69 Å². The molecule has 0 unspecified atom stereocenters. The molecule has 0 radical (unpaired) electrons. The Kier molecular flexibility index (Phi) is 3.44. The van der Waals surface area contributed by atoms with Gasteiger partial charge in [-0.1, -0.05) is 0 Å². The van der Waals surface area contributed by atoms with Crippen molar-refractivity contribution in [2.75, 3.05) is 6.26 Å². The minimum atomic E-state index is -3.42. The summed E-state index contributed by atoms with van der Waals surface area (Å²) in [6.45, 7) is 3.98. The summed E-state index contributed by atoms with van der Waals surface area (Å²) in [4.78, 5) is 24.8. The zero-order valence-electron chi connectivity index (χ0n) is 10.6. The number of hydrogen-bond donors (Lipinski definition) is 2. The zero-order valence-corrected chi connectivity index (χ0v) is 11.5. The van der Waals surface area contributed by atoms with Crippen LogP contribution in [0.1, 0.15) is 19.4 Å². The van der Waals surface area contributed by atoms with Gasteiger partial charge in [-0.05, 0) is 20.8 Å². The van der Waals surface area contributed by atoms with Crippen LogP contribution in [0.25, 0.3) is 0 Å². The standard InChI is InChI=1S/C10H16N2O5S/c1-6-7(13)11-9(15)12(8(6)14)5-10(2,3)18(4,16)17/h14H,5H2,1-4H3,(H,11,13,15). The lowest BCUT2D eigenvalue weighted by Crippen LogP contribution is -2.41. The maximum atomic E-state index is 11.6. The van der Waals surface area contributed by atoms with Crippen LogP contribution in [0.15, 0.2) is 9.59 Å². The fourth-order valence-electron chi connectivity index (χ4n) is 1.30. The van der Waals surface area contributed by atoms with E-state index in [1.807, 2.05) is 4.98 Å². The van der Waals surface area contributed by atoms with Gasteiger partial charge in [0.1, 0.15) is 0 Å². The van der Waals surface area contributed by atoms with Crippen molar-refractivity contribution in [3.63, 3.8) is 0 Å². The lowest BCUT2D eigenvalue weighted by atomic mass is 10.2. The fourth-order valence-corrected chi connectivity index (χ4v) is 1.67. The smallest absolute Gasteiger partial charge is 0.331 e. The molecule has 1 aromatic heterocycles. The lowest BCUT2D eigenvalue weighted by Gasteiger charge is -2.23. The van der Waals surface area contributed by atoms with Crippen LogP contribution in [0, 0.1) is 6.92 Å². The normalized spacial score (nSPS) is 12.7. The second-order valence-electron chi connectivity index (χ2n) is 4.83. The van der Waals surface area contributed by atoms with Crippen LogP contribution >= 0.6 is 0 Å². The van der Waals surface area contributed by atoms with Crippen molar-refractivity contribution in [2.24, 2.45) is 0 Å². The van der Waals surface area contributed by atoms with Crippen molar-refractivity contribution >= 4 is 9.84 Å². The van der Waals surface area contributed by atoms with Crippen molar-refractivity contribution in [3.05, 3.63) is 26.4 Å². The number of rotatable bonds is 3. The van der Waals surface area contributed by atoms with E-state index in [2.05, 4.69) is 0 Å². The first-order chi connectivity index (χ1) is 7.97. The van der Waals surface area contributed by atoms with E-state index in [1.54, 1.807) is 0 Å². The molecule has 0 amide bonds. The Balaban J connectivity index is 3.43. The zero-order chi connectivity index (χ0) is 14.3. The van der Waals surface area contributed by atoms with Crippen LogP contribution < -0.4 is 11.2 Å². The summed E-state index contributed by atoms with van der Waals surface area (Å²) >= 11 is 0. The Morgan fingerprint density at radius 1 is 1.33 bits per heavy atom. The molecule has 0 spiro atoms. The largest absolute Gasteiger partial charge is 0.494 e. The van der Waals surface area contributed by atoms with Gasteiger partial charge in [0.2, 0.25) is 5.88 Å². The Hall–Kier alpha value is -1.57. The molecule has 18 heavy (non-hydrogen) atoms. The van der Waals surface area contributed by atoms with Crippen molar-refractivity contribution < 1.29 is 13.5 Å². The predicted octanol–water partition coefficient (Wildman–Crippen LogP) is -0.626. The van der Waals surface area contributed by atoms with Crippen LogP contribution in [0.3, 0.4) is 0 Å². The van der Waals surface area contributed by atoms with E-state index >= 15 is 0 Å². The maximum Gasteiger partial charge on any atom is 0.331 e. The Labute approximate surface area is 104 Å². The van der Waals surface area contributed by atoms with Gasteiger partial charge in [0.05, 0.1) is 10.3 Å². The first-order valence-corrected chi connectivity index (χ1v) is 7.09. The number of H-pyrrole nitrogens is 1.